The molecule has 28 heavy (non-hydrogen) atoms. The molecule has 0 bridgehead atoms. The molecule has 0 radical (unpaired) electrons. The van der Waals surface area contributed by atoms with Gasteiger partial charge in [0.2, 0.25) is 11.8 Å². The van der Waals surface area contributed by atoms with Gasteiger partial charge in [0, 0.05) is 52.2 Å². The molecule has 1 saturated carbocycles. The van der Waals surface area contributed by atoms with Gasteiger partial charge in [-0.15, -0.1) is 0 Å². The Kier molecular flexibility index (Phi) is 7.30. The average Bonchev–Trinajstić information content (AvgIpc) is 3.35. The van der Waals surface area contributed by atoms with E-state index in [1.165, 1.54) is 12.8 Å². The molecule has 2 N–H and O–H groups in total. The molecule has 1 aliphatic heterocycles. The maximum absolute atomic E-state index is 12.5. The smallest absolute Gasteiger partial charge is 0.225 e. The number of aryl methyl sites for hydroxylation is 2. The van der Waals surface area contributed by atoms with E-state index in [0.717, 1.165) is 69.5 Å². The summed E-state index contributed by atoms with van der Waals surface area (Å²) in [5.74, 6) is 2.94. The number of aliphatic imine (C=N–C) groups is 1. The molecule has 1 aromatic heterocycles. The fourth-order valence-electron chi connectivity index (χ4n) is 3.95. The first-order valence-corrected chi connectivity index (χ1v) is 10.5. The quantitative estimate of drug-likeness (QED) is 0.562. The van der Waals surface area contributed by atoms with E-state index in [4.69, 9.17) is 4.42 Å². The number of hydrogen-bond donors (Lipinski definition) is 2. The number of hydrogen-bond acceptors (Lipinski definition) is 5. The first-order valence-electron chi connectivity index (χ1n) is 10.5. The van der Waals surface area contributed by atoms with Crippen LogP contribution in [0.5, 0.6) is 0 Å². The molecule has 8 nitrogen and oxygen atoms in total. The van der Waals surface area contributed by atoms with Crippen molar-refractivity contribution < 1.29 is 9.21 Å². The topological polar surface area (TPSA) is 86.0 Å². The second-order valence-corrected chi connectivity index (χ2v) is 7.75. The summed E-state index contributed by atoms with van der Waals surface area (Å²) in [5.41, 5.74) is 0.922. The predicted molar refractivity (Wildman–Crippen MR) is 109 cm³/mol. The summed E-state index contributed by atoms with van der Waals surface area (Å²) in [6.07, 6.45) is 4.60. The van der Waals surface area contributed by atoms with E-state index in [-0.39, 0.29) is 0 Å². The molecule has 3 rings (SSSR count). The highest BCUT2D eigenvalue weighted by Crippen LogP contribution is 2.26. The zero-order valence-electron chi connectivity index (χ0n) is 17.5. The monoisotopic (exact) mass is 390 g/mol. The van der Waals surface area contributed by atoms with Gasteiger partial charge in [-0.05, 0) is 26.7 Å². The molecule has 2 fully saturated rings. The van der Waals surface area contributed by atoms with Gasteiger partial charge in [0.1, 0.15) is 5.76 Å². The van der Waals surface area contributed by atoms with Crippen molar-refractivity contribution in [1.82, 2.24) is 25.4 Å². The number of nitrogens with one attached hydrogen (secondary N) is 2. The van der Waals surface area contributed by atoms with Gasteiger partial charge in [0.15, 0.2) is 5.96 Å². The van der Waals surface area contributed by atoms with Gasteiger partial charge in [-0.25, -0.2) is 4.98 Å². The predicted octanol–water partition coefficient (Wildman–Crippen LogP) is 1.29. The number of piperazine rings is 1. The van der Waals surface area contributed by atoms with Crippen molar-refractivity contribution in [2.75, 3.05) is 46.3 Å². The molecule has 1 amide bonds. The normalized spacial score (nSPS) is 19.2. The lowest BCUT2D eigenvalue weighted by molar-refractivity contribution is -0.137. The Morgan fingerprint density at radius 1 is 1.18 bits per heavy atom. The van der Waals surface area contributed by atoms with Crippen LogP contribution in [0.15, 0.2) is 9.41 Å². The van der Waals surface area contributed by atoms with Gasteiger partial charge in [-0.1, -0.05) is 12.8 Å². The standard InChI is InChI=1S/C20H34N6O2/c1-15-16(2)28-18(24-15)14-23-20(21-3)22-8-9-25-10-12-26(13-11-25)19(27)17-6-4-5-7-17/h17H,4-14H2,1-3H3,(H2,21,22,23). The fourth-order valence-corrected chi connectivity index (χ4v) is 3.95. The highest BCUT2D eigenvalue weighted by molar-refractivity contribution is 5.79. The van der Waals surface area contributed by atoms with Crippen LogP contribution in [0.25, 0.3) is 0 Å². The van der Waals surface area contributed by atoms with E-state index in [1.807, 2.05) is 13.8 Å². The van der Waals surface area contributed by atoms with Gasteiger partial charge in [0.05, 0.1) is 12.2 Å². The fraction of sp³-hybridized carbons (Fsp3) is 0.750. The second kappa shape index (κ2) is 9.91. The Bertz CT molecular complexity index is 653. The van der Waals surface area contributed by atoms with E-state index in [0.29, 0.717) is 24.3 Å². The van der Waals surface area contributed by atoms with E-state index in [2.05, 4.69) is 30.4 Å². The van der Waals surface area contributed by atoms with Crippen LogP contribution >= 0.6 is 0 Å². The van der Waals surface area contributed by atoms with E-state index < -0.39 is 0 Å². The minimum absolute atomic E-state index is 0.291. The molecule has 0 aromatic carbocycles. The zero-order valence-corrected chi connectivity index (χ0v) is 17.5. The SMILES string of the molecule is CN=C(NCCN1CCN(C(=O)C2CCCC2)CC1)NCc1nc(C)c(C)o1. The third-order valence-corrected chi connectivity index (χ3v) is 5.81. The number of carbonyl (C=O) groups is 1. The minimum Gasteiger partial charge on any atom is -0.444 e. The number of rotatable bonds is 6. The third kappa shape index (κ3) is 5.47. The molecule has 2 heterocycles. The lowest BCUT2D eigenvalue weighted by atomic mass is 10.1. The Balaban J connectivity index is 1.32. The molecule has 1 aromatic rings. The van der Waals surface area contributed by atoms with Crippen molar-refractivity contribution >= 4 is 11.9 Å². The van der Waals surface area contributed by atoms with Crippen LogP contribution in [0.4, 0.5) is 0 Å². The third-order valence-electron chi connectivity index (χ3n) is 5.81. The van der Waals surface area contributed by atoms with Crippen molar-refractivity contribution in [3.63, 3.8) is 0 Å². The Morgan fingerprint density at radius 2 is 1.89 bits per heavy atom. The highest BCUT2D eigenvalue weighted by atomic mass is 16.4. The van der Waals surface area contributed by atoms with E-state index >= 15 is 0 Å². The molecule has 2 aliphatic rings. The summed E-state index contributed by atoms with van der Waals surface area (Å²) in [6.45, 7) is 9.70. The lowest BCUT2D eigenvalue weighted by Crippen LogP contribution is -2.51. The summed E-state index contributed by atoms with van der Waals surface area (Å²) in [5, 5.41) is 6.56. The molecule has 1 saturated heterocycles. The van der Waals surface area contributed by atoms with Crippen molar-refractivity contribution in [2.24, 2.45) is 10.9 Å². The number of carbonyl (C=O) groups excluding carboxylic acids is 1. The average molecular weight is 391 g/mol. The van der Waals surface area contributed by atoms with Gasteiger partial charge in [-0.3, -0.25) is 14.7 Å². The van der Waals surface area contributed by atoms with Crippen LogP contribution in [0.2, 0.25) is 0 Å². The summed E-state index contributed by atoms with van der Waals surface area (Å²) in [7, 11) is 1.76. The summed E-state index contributed by atoms with van der Waals surface area (Å²) < 4.78 is 5.58. The minimum atomic E-state index is 0.291. The number of aromatic nitrogens is 1. The molecular weight excluding hydrogens is 356 g/mol. The maximum atomic E-state index is 12.5. The first kappa shape index (κ1) is 20.6. The summed E-state index contributed by atoms with van der Waals surface area (Å²) in [4.78, 5) is 25.6. The zero-order chi connectivity index (χ0) is 19.9. The molecule has 0 atom stereocenters. The van der Waals surface area contributed by atoms with Crippen LogP contribution in [0.1, 0.15) is 43.0 Å². The van der Waals surface area contributed by atoms with Gasteiger partial charge in [-0.2, -0.15) is 0 Å². The van der Waals surface area contributed by atoms with Crippen LogP contribution in [0, 0.1) is 19.8 Å². The molecule has 0 unspecified atom stereocenters. The van der Waals surface area contributed by atoms with Gasteiger partial charge in [0.25, 0.3) is 0 Å². The summed E-state index contributed by atoms with van der Waals surface area (Å²) >= 11 is 0. The van der Waals surface area contributed by atoms with Crippen LogP contribution in [-0.4, -0.2) is 73.0 Å². The molecule has 8 heteroatoms. The van der Waals surface area contributed by atoms with Crippen molar-refractivity contribution in [1.29, 1.82) is 0 Å². The van der Waals surface area contributed by atoms with Crippen molar-refractivity contribution in [3.8, 4) is 0 Å². The van der Waals surface area contributed by atoms with Crippen molar-refractivity contribution in [3.05, 3.63) is 17.3 Å². The molecule has 0 spiro atoms. The Morgan fingerprint density at radius 3 is 2.50 bits per heavy atom. The Labute approximate surface area is 167 Å². The lowest BCUT2D eigenvalue weighted by Gasteiger charge is -2.36. The summed E-state index contributed by atoms with van der Waals surface area (Å²) in [6, 6.07) is 0. The first-order chi connectivity index (χ1) is 13.6. The number of guanidine groups is 1. The maximum Gasteiger partial charge on any atom is 0.225 e. The second-order valence-electron chi connectivity index (χ2n) is 7.75. The molecule has 156 valence electrons. The van der Waals surface area contributed by atoms with Crippen LogP contribution < -0.4 is 10.6 Å². The van der Waals surface area contributed by atoms with Crippen molar-refractivity contribution in [2.45, 2.75) is 46.1 Å². The van der Waals surface area contributed by atoms with Gasteiger partial charge >= 0.3 is 0 Å². The Hall–Kier alpha value is -2.09. The van der Waals surface area contributed by atoms with E-state index in [9.17, 15) is 4.79 Å². The van der Waals surface area contributed by atoms with E-state index in [1.54, 1.807) is 7.05 Å². The number of oxazole rings is 1. The number of amides is 1. The number of nitrogens with zero attached hydrogens (tertiary/aromatic N) is 4. The van der Waals surface area contributed by atoms with Crippen LogP contribution in [0.3, 0.4) is 0 Å². The largest absolute Gasteiger partial charge is 0.444 e. The molecular formula is C20H34N6O2. The van der Waals surface area contributed by atoms with Gasteiger partial charge < -0.3 is 20.0 Å². The highest BCUT2D eigenvalue weighted by Gasteiger charge is 2.29. The molecule has 1 aliphatic carbocycles. The van der Waals surface area contributed by atoms with Crippen LogP contribution in [-0.2, 0) is 11.3 Å².